The first-order valence-corrected chi connectivity index (χ1v) is 9.56. The van der Waals surface area contributed by atoms with Gasteiger partial charge in [-0.15, -0.1) is 0 Å². The fourth-order valence-electron chi connectivity index (χ4n) is 4.27. The number of carbonyl (C=O) groups excluding carboxylic acids is 1. The summed E-state index contributed by atoms with van der Waals surface area (Å²) in [4.78, 5) is 21.3. The van der Waals surface area contributed by atoms with E-state index in [0.29, 0.717) is 6.04 Å². The molecular weight excluding hydrogens is 338 g/mol. The van der Waals surface area contributed by atoms with Crippen LogP contribution in [0.2, 0.25) is 0 Å². The molecule has 2 amide bonds. The number of aromatic nitrogens is 2. The summed E-state index contributed by atoms with van der Waals surface area (Å²) >= 11 is 0. The monoisotopic (exact) mass is 361 g/mol. The molecule has 1 aliphatic carbocycles. The normalized spacial score (nSPS) is 18.0. The zero-order valence-corrected chi connectivity index (χ0v) is 15.2. The quantitative estimate of drug-likeness (QED) is 0.763. The van der Waals surface area contributed by atoms with Crippen LogP contribution in [0.4, 0.5) is 10.5 Å². The largest absolute Gasteiger partial charge is 0.322 e. The molecule has 0 bridgehead atoms. The summed E-state index contributed by atoms with van der Waals surface area (Å²) in [6.07, 6.45) is 7.82. The van der Waals surface area contributed by atoms with Crippen molar-refractivity contribution in [1.29, 1.82) is 0 Å². The highest BCUT2D eigenvalue weighted by atomic mass is 16.2. The van der Waals surface area contributed by atoms with Gasteiger partial charge in [0, 0.05) is 62.6 Å². The maximum atomic E-state index is 12.6. The number of urea groups is 1. The fraction of sp³-hybridized carbons (Fsp3) is 0.333. The van der Waals surface area contributed by atoms with Crippen LogP contribution in [0.1, 0.15) is 11.1 Å². The molecule has 1 N–H and O–H groups in total. The van der Waals surface area contributed by atoms with Crippen molar-refractivity contribution in [2.75, 3.05) is 31.5 Å². The Hall–Kier alpha value is -2.86. The van der Waals surface area contributed by atoms with E-state index in [0.717, 1.165) is 50.4 Å². The predicted molar refractivity (Wildman–Crippen MR) is 105 cm³/mol. The van der Waals surface area contributed by atoms with Gasteiger partial charge in [-0.1, -0.05) is 24.3 Å². The Bertz CT molecular complexity index is 948. The van der Waals surface area contributed by atoms with Crippen molar-refractivity contribution in [2.45, 2.75) is 18.9 Å². The van der Waals surface area contributed by atoms with E-state index in [1.54, 1.807) is 6.20 Å². The van der Waals surface area contributed by atoms with E-state index < -0.39 is 0 Å². The van der Waals surface area contributed by atoms with Crippen LogP contribution in [0.25, 0.3) is 5.65 Å². The van der Waals surface area contributed by atoms with Crippen LogP contribution < -0.4 is 5.32 Å². The molecule has 27 heavy (non-hydrogen) atoms. The summed E-state index contributed by atoms with van der Waals surface area (Å²) in [6.45, 7) is 3.41. The highest BCUT2D eigenvalue weighted by molar-refractivity contribution is 5.89. The first-order chi connectivity index (χ1) is 13.3. The minimum atomic E-state index is -0.0275. The van der Waals surface area contributed by atoms with Gasteiger partial charge in [0.05, 0.1) is 0 Å². The molecule has 0 atom stereocenters. The highest BCUT2D eigenvalue weighted by Crippen LogP contribution is 2.26. The lowest BCUT2D eigenvalue weighted by molar-refractivity contribution is 0.116. The Morgan fingerprint density at radius 3 is 2.48 bits per heavy atom. The second-order valence-corrected chi connectivity index (χ2v) is 7.39. The van der Waals surface area contributed by atoms with Gasteiger partial charge in [-0.3, -0.25) is 4.90 Å². The number of hydrogen-bond donors (Lipinski definition) is 1. The molecule has 2 aliphatic rings. The molecule has 0 unspecified atom stereocenters. The second kappa shape index (κ2) is 6.70. The molecule has 6 heteroatoms. The van der Waals surface area contributed by atoms with Crippen molar-refractivity contribution < 1.29 is 4.79 Å². The first kappa shape index (κ1) is 16.3. The van der Waals surface area contributed by atoms with E-state index in [1.165, 1.54) is 11.1 Å². The summed E-state index contributed by atoms with van der Waals surface area (Å²) in [5.74, 6) is 0. The lowest BCUT2D eigenvalue weighted by Crippen LogP contribution is -2.53. The van der Waals surface area contributed by atoms with E-state index in [2.05, 4.69) is 39.5 Å². The van der Waals surface area contributed by atoms with Crippen molar-refractivity contribution in [2.24, 2.45) is 0 Å². The number of fused-ring (bicyclic) bond motifs is 2. The predicted octanol–water partition coefficient (Wildman–Crippen LogP) is 2.65. The van der Waals surface area contributed by atoms with Crippen molar-refractivity contribution in [1.82, 2.24) is 19.2 Å². The molecule has 0 radical (unpaired) electrons. The number of pyridine rings is 1. The summed E-state index contributed by atoms with van der Waals surface area (Å²) in [7, 11) is 0. The summed E-state index contributed by atoms with van der Waals surface area (Å²) in [5.41, 5.74) is 4.58. The summed E-state index contributed by atoms with van der Waals surface area (Å²) in [5, 5.41) is 3.01. The van der Waals surface area contributed by atoms with Gasteiger partial charge in [0.25, 0.3) is 0 Å². The van der Waals surface area contributed by atoms with Crippen LogP contribution >= 0.6 is 0 Å². The molecule has 3 aromatic rings. The standard InChI is InChI=1S/C21H23N5O/c27-21(23-18-5-7-25-8-6-22-20(25)15-18)26-11-9-24(10-12-26)19-13-16-3-1-2-4-17(16)14-19/h1-8,15,19H,9-14H2,(H,23,27). The average molecular weight is 361 g/mol. The number of piperazine rings is 1. The zero-order chi connectivity index (χ0) is 18.2. The van der Waals surface area contributed by atoms with E-state index in [-0.39, 0.29) is 6.03 Å². The molecule has 1 aromatic carbocycles. The molecule has 5 rings (SSSR count). The van der Waals surface area contributed by atoms with E-state index in [1.807, 2.05) is 33.8 Å². The number of nitrogens with zero attached hydrogens (tertiary/aromatic N) is 4. The number of hydrogen-bond acceptors (Lipinski definition) is 3. The second-order valence-electron chi connectivity index (χ2n) is 7.39. The van der Waals surface area contributed by atoms with Crippen LogP contribution in [0.5, 0.6) is 0 Å². The van der Waals surface area contributed by atoms with E-state index in [9.17, 15) is 4.79 Å². The molecule has 138 valence electrons. The van der Waals surface area contributed by atoms with E-state index >= 15 is 0 Å². The number of anilines is 1. The van der Waals surface area contributed by atoms with Gasteiger partial charge in [0.15, 0.2) is 0 Å². The number of imidazole rings is 1. The van der Waals surface area contributed by atoms with Gasteiger partial charge in [-0.2, -0.15) is 0 Å². The van der Waals surface area contributed by atoms with Gasteiger partial charge in [0.1, 0.15) is 5.65 Å². The number of rotatable bonds is 2. The number of benzene rings is 1. The Kier molecular flexibility index (Phi) is 4.05. The number of nitrogens with one attached hydrogen (secondary N) is 1. The topological polar surface area (TPSA) is 52.9 Å². The number of amides is 2. The molecule has 1 fully saturated rings. The molecular formula is C21H23N5O. The molecule has 1 saturated heterocycles. The third-order valence-corrected chi connectivity index (χ3v) is 5.80. The smallest absolute Gasteiger partial charge is 0.321 e. The molecule has 6 nitrogen and oxygen atoms in total. The Morgan fingerprint density at radius 2 is 1.74 bits per heavy atom. The minimum absolute atomic E-state index is 0.0275. The third-order valence-electron chi connectivity index (χ3n) is 5.80. The van der Waals surface area contributed by atoms with Gasteiger partial charge >= 0.3 is 6.03 Å². The number of carbonyl (C=O) groups is 1. The van der Waals surface area contributed by atoms with Crippen molar-refractivity contribution in [3.8, 4) is 0 Å². The highest BCUT2D eigenvalue weighted by Gasteiger charge is 2.30. The Labute approximate surface area is 158 Å². The molecule has 3 heterocycles. The first-order valence-electron chi connectivity index (χ1n) is 9.56. The SMILES string of the molecule is O=C(Nc1ccn2ccnc2c1)N1CCN(C2Cc3ccccc3C2)CC1. The molecule has 0 saturated carbocycles. The zero-order valence-electron chi connectivity index (χ0n) is 15.2. The van der Waals surface area contributed by atoms with Gasteiger partial charge in [-0.05, 0) is 30.0 Å². The van der Waals surface area contributed by atoms with Gasteiger partial charge < -0.3 is 14.6 Å². The van der Waals surface area contributed by atoms with Crippen LogP contribution in [0.3, 0.4) is 0 Å². The third kappa shape index (κ3) is 3.17. The van der Waals surface area contributed by atoms with Crippen molar-refractivity contribution in [3.63, 3.8) is 0 Å². The maximum Gasteiger partial charge on any atom is 0.321 e. The van der Waals surface area contributed by atoms with Crippen LogP contribution in [0, 0.1) is 0 Å². The maximum absolute atomic E-state index is 12.6. The summed E-state index contributed by atoms with van der Waals surface area (Å²) < 4.78 is 1.92. The van der Waals surface area contributed by atoms with Crippen LogP contribution in [0.15, 0.2) is 55.0 Å². The van der Waals surface area contributed by atoms with E-state index in [4.69, 9.17) is 0 Å². The van der Waals surface area contributed by atoms with Crippen molar-refractivity contribution >= 4 is 17.4 Å². The van der Waals surface area contributed by atoms with Crippen LogP contribution in [-0.2, 0) is 12.8 Å². The lowest BCUT2D eigenvalue weighted by Gasteiger charge is -2.38. The lowest BCUT2D eigenvalue weighted by atomic mass is 10.1. The minimum Gasteiger partial charge on any atom is -0.322 e. The fourth-order valence-corrected chi connectivity index (χ4v) is 4.27. The molecule has 1 aliphatic heterocycles. The Balaban J connectivity index is 1.17. The summed E-state index contributed by atoms with van der Waals surface area (Å²) in [6, 6.07) is 13.1. The Morgan fingerprint density at radius 1 is 1.00 bits per heavy atom. The van der Waals surface area contributed by atoms with Crippen molar-refractivity contribution in [3.05, 3.63) is 66.1 Å². The molecule has 2 aromatic heterocycles. The average Bonchev–Trinajstić information content (AvgIpc) is 3.34. The van der Waals surface area contributed by atoms with Crippen LogP contribution in [-0.4, -0.2) is 57.4 Å². The molecule has 0 spiro atoms. The van der Waals surface area contributed by atoms with Gasteiger partial charge in [-0.25, -0.2) is 9.78 Å². The van der Waals surface area contributed by atoms with Gasteiger partial charge in [0.2, 0.25) is 0 Å².